The zero-order chi connectivity index (χ0) is 19.6. The average molecular weight is 389 g/mol. The Labute approximate surface area is 169 Å². The monoisotopic (exact) mass is 389 g/mol. The number of oxazole rings is 1. The maximum absolute atomic E-state index is 12.8. The number of benzene rings is 1. The molecule has 2 aliphatic rings. The third-order valence-corrected chi connectivity index (χ3v) is 5.55. The van der Waals surface area contributed by atoms with Gasteiger partial charge in [0, 0.05) is 57.3 Å². The summed E-state index contributed by atoms with van der Waals surface area (Å²) < 4.78 is 5.85. The summed E-state index contributed by atoms with van der Waals surface area (Å²) in [7, 11) is 0. The number of carbonyl (C=O) groups is 1. The van der Waals surface area contributed by atoms with Gasteiger partial charge in [0.15, 0.2) is 0 Å². The summed E-state index contributed by atoms with van der Waals surface area (Å²) in [5.41, 5.74) is 3.29. The summed E-state index contributed by atoms with van der Waals surface area (Å²) in [5, 5.41) is 0. The Hall–Kier alpha value is -3.19. The summed E-state index contributed by atoms with van der Waals surface area (Å²) >= 11 is 0. The molecule has 7 heteroatoms. The van der Waals surface area contributed by atoms with Crippen molar-refractivity contribution in [1.29, 1.82) is 0 Å². The number of nitrogens with zero attached hydrogens (tertiary/aromatic N) is 5. The van der Waals surface area contributed by atoms with E-state index >= 15 is 0 Å². The SMILES string of the molecule is O=C(c1nc2c(o1)CN(Cc1ccccc1)C2)N1CCN(c2ccncc2)CC1. The Morgan fingerprint density at radius 3 is 2.45 bits per heavy atom. The van der Waals surface area contributed by atoms with Gasteiger partial charge in [-0.15, -0.1) is 0 Å². The molecule has 0 radical (unpaired) electrons. The minimum absolute atomic E-state index is 0.108. The fraction of sp³-hybridized carbons (Fsp3) is 0.318. The predicted molar refractivity (Wildman–Crippen MR) is 108 cm³/mol. The van der Waals surface area contributed by atoms with Crippen LogP contribution < -0.4 is 4.90 Å². The second-order valence-electron chi connectivity index (χ2n) is 7.50. The van der Waals surface area contributed by atoms with E-state index in [1.165, 1.54) is 5.56 Å². The minimum atomic E-state index is -0.108. The molecule has 0 spiro atoms. The molecule has 5 rings (SSSR count). The van der Waals surface area contributed by atoms with Gasteiger partial charge in [-0.1, -0.05) is 30.3 Å². The van der Waals surface area contributed by atoms with Gasteiger partial charge in [0.1, 0.15) is 5.76 Å². The number of pyridine rings is 1. The number of rotatable bonds is 4. The van der Waals surface area contributed by atoms with Crippen molar-refractivity contribution >= 4 is 11.6 Å². The van der Waals surface area contributed by atoms with E-state index in [9.17, 15) is 4.79 Å². The molecule has 0 atom stereocenters. The first kappa shape index (κ1) is 17.9. The van der Waals surface area contributed by atoms with Crippen molar-refractivity contribution in [2.45, 2.75) is 19.6 Å². The summed E-state index contributed by atoms with van der Waals surface area (Å²) in [6, 6.07) is 14.4. The van der Waals surface area contributed by atoms with Crippen LogP contribution in [-0.2, 0) is 19.6 Å². The molecule has 1 aromatic carbocycles. The number of amides is 1. The van der Waals surface area contributed by atoms with E-state index in [4.69, 9.17) is 4.42 Å². The van der Waals surface area contributed by atoms with Crippen molar-refractivity contribution in [3.8, 4) is 0 Å². The van der Waals surface area contributed by atoms with Gasteiger partial charge < -0.3 is 14.2 Å². The second kappa shape index (κ2) is 7.67. The highest BCUT2D eigenvalue weighted by molar-refractivity contribution is 5.90. The van der Waals surface area contributed by atoms with Crippen LogP contribution in [0.5, 0.6) is 0 Å². The minimum Gasteiger partial charge on any atom is -0.436 e. The largest absolute Gasteiger partial charge is 0.436 e. The molecule has 0 aliphatic carbocycles. The van der Waals surface area contributed by atoms with Crippen LogP contribution in [0.2, 0.25) is 0 Å². The summed E-state index contributed by atoms with van der Waals surface area (Å²) in [5.74, 6) is 0.940. The third kappa shape index (κ3) is 3.73. The molecule has 0 bridgehead atoms. The van der Waals surface area contributed by atoms with Crippen LogP contribution in [-0.4, -0.2) is 51.9 Å². The molecule has 1 saturated heterocycles. The van der Waals surface area contributed by atoms with Gasteiger partial charge in [-0.2, -0.15) is 0 Å². The van der Waals surface area contributed by atoms with Gasteiger partial charge >= 0.3 is 5.91 Å². The van der Waals surface area contributed by atoms with Crippen LogP contribution in [0.15, 0.2) is 59.3 Å². The zero-order valence-electron chi connectivity index (χ0n) is 16.2. The van der Waals surface area contributed by atoms with Crippen molar-refractivity contribution in [3.05, 3.63) is 77.8 Å². The number of piperazine rings is 1. The van der Waals surface area contributed by atoms with E-state index in [0.717, 1.165) is 43.3 Å². The fourth-order valence-corrected chi connectivity index (χ4v) is 4.00. The van der Waals surface area contributed by atoms with Crippen LogP contribution in [0, 0.1) is 0 Å². The van der Waals surface area contributed by atoms with E-state index in [1.54, 1.807) is 12.4 Å². The topological polar surface area (TPSA) is 65.7 Å². The maximum Gasteiger partial charge on any atom is 0.309 e. The van der Waals surface area contributed by atoms with Crippen molar-refractivity contribution in [2.24, 2.45) is 0 Å². The normalized spacial score (nSPS) is 16.8. The van der Waals surface area contributed by atoms with Gasteiger partial charge in [-0.3, -0.25) is 14.7 Å². The molecular weight excluding hydrogens is 366 g/mol. The average Bonchev–Trinajstić information content (AvgIpc) is 3.33. The number of fused-ring (bicyclic) bond motifs is 1. The first-order valence-corrected chi connectivity index (χ1v) is 9.95. The highest BCUT2D eigenvalue weighted by atomic mass is 16.4. The van der Waals surface area contributed by atoms with E-state index in [-0.39, 0.29) is 11.8 Å². The van der Waals surface area contributed by atoms with Gasteiger partial charge in [-0.05, 0) is 17.7 Å². The first-order chi connectivity index (χ1) is 14.3. The van der Waals surface area contributed by atoms with Gasteiger partial charge in [0.25, 0.3) is 5.89 Å². The predicted octanol–water partition coefficient (Wildman–Crippen LogP) is 2.55. The Morgan fingerprint density at radius 1 is 0.966 bits per heavy atom. The van der Waals surface area contributed by atoms with Gasteiger partial charge in [-0.25, -0.2) is 4.98 Å². The molecule has 0 unspecified atom stereocenters. The lowest BCUT2D eigenvalue weighted by Crippen LogP contribution is -2.48. The Kier molecular flexibility index (Phi) is 4.73. The molecule has 4 heterocycles. The van der Waals surface area contributed by atoms with Crippen molar-refractivity contribution in [3.63, 3.8) is 0 Å². The molecule has 0 saturated carbocycles. The Balaban J connectivity index is 1.18. The number of hydrogen-bond acceptors (Lipinski definition) is 6. The molecular formula is C22H23N5O2. The second-order valence-corrected chi connectivity index (χ2v) is 7.50. The Morgan fingerprint density at radius 2 is 1.72 bits per heavy atom. The molecule has 3 aromatic rings. The lowest BCUT2D eigenvalue weighted by Gasteiger charge is -2.35. The van der Waals surface area contributed by atoms with Gasteiger partial charge in [0.2, 0.25) is 0 Å². The van der Waals surface area contributed by atoms with E-state index < -0.39 is 0 Å². The number of aromatic nitrogens is 2. The first-order valence-electron chi connectivity index (χ1n) is 9.95. The van der Waals surface area contributed by atoms with Crippen LogP contribution in [0.25, 0.3) is 0 Å². The summed E-state index contributed by atoms with van der Waals surface area (Å²) in [6.07, 6.45) is 3.59. The van der Waals surface area contributed by atoms with Crippen molar-refractivity contribution < 1.29 is 9.21 Å². The van der Waals surface area contributed by atoms with Crippen molar-refractivity contribution in [1.82, 2.24) is 19.8 Å². The molecule has 148 valence electrons. The molecule has 7 nitrogen and oxygen atoms in total. The highest BCUT2D eigenvalue weighted by Crippen LogP contribution is 2.26. The van der Waals surface area contributed by atoms with Crippen LogP contribution in [0.1, 0.15) is 27.7 Å². The third-order valence-electron chi connectivity index (χ3n) is 5.55. The van der Waals surface area contributed by atoms with Crippen LogP contribution in [0.3, 0.4) is 0 Å². The summed E-state index contributed by atoms with van der Waals surface area (Å²) in [6.45, 7) is 5.18. The molecule has 2 aliphatic heterocycles. The quantitative estimate of drug-likeness (QED) is 0.683. The molecule has 2 aromatic heterocycles. The number of anilines is 1. The lowest BCUT2D eigenvalue weighted by atomic mass is 10.2. The van der Waals surface area contributed by atoms with Crippen LogP contribution >= 0.6 is 0 Å². The van der Waals surface area contributed by atoms with E-state index in [1.807, 2.05) is 35.2 Å². The molecule has 1 amide bonds. The maximum atomic E-state index is 12.8. The zero-order valence-corrected chi connectivity index (χ0v) is 16.2. The lowest BCUT2D eigenvalue weighted by molar-refractivity contribution is 0.0702. The van der Waals surface area contributed by atoms with E-state index in [0.29, 0.717) is 19.6 Å². The molecule has 0 N–H and O–H groups in total. The van der Waals surface area contributed by atoms with Gasteiger partial charge in [0.05, 0.1) is 12.2 Å². The smallest absolute Gasteiger partial charge is 0.309 e. The standard InChI is InChI=1S/C22H23N5O2/c28-22(27-12-10-26(11-13-27)18-6-8-23-9-7-18)21-24-19-15-25(16-20(19)29-21)14-17-4-2-1-3-5-17/h1-9H,10-16H2. The molecule has 1 fully saturated rings. The number of carbonyl (C=O) groups excluding carboxylic acids is 1. The van der Waals surface area contributed by atoms with Crippen LogP contribution in [0.4, 0.5) is 5.69 Å². The summed E-state index contributed by atoms with van der Waals surface area (Å²) in [4.78, 5) is 27.8. The highest BCUT2D eigenvalue weighted by Gasteiger charge is 2.30. The van der Waals surface area contributed by atoms with E-state index in [2.05, 4.69) is 31.9 Å². The molecule has 29 heavy (non-hydrogen) atoms. The number of hydrogen-bond donors (Lipinski definition) is 0. The Bertz CT molecular complexity index is 957. The fourth-order valence-electron chi connectivity index (χ4n) is 4.00. The van der Waals surface area contributed by atoms with Crippen molar-refractivity contribution in [2.75, 3.05) is 31.1 Å².